The van der Waals surface area contributed by atoms with E-state index in [-0.39, 0.29) is 11.8 Å². The first-order valence-corrected chi connectivity index (χ1v) is 6.09. The summed E-state index contributed by atoms with van der Waals surface area (Å²) in [6, 6.07) is 18.2. The van der Waals surface area contributed by atoms with Gasteiger partial charge in [0.2, 0.25) is 0 Å². The number of benzene rings is 2. The van der Waals surface area contributed by atoms with Gasteiger partial charge in [-0.05, 0) is 37.1 Å². The zero-order valence-electron chi connectivity index (χ0n) is 10.7. The van der Waals surface area contributed by atoms with Crippen LogP contribution < -0.4 is 5.32 Å². The van der Waals surface area contributed by atoms with Gasteiger partial charge in [0.25, 0.3) is 0 Å². The van der Waals surface area contributed by atoms with Gasteiger partial charge in [0.05, 0.1) is 6.04 Å². The van der Waals surface area contributed by atoms with Crippen molar-refractivity contribution in [3.05, 3.63) is 54.6 Å². The zero-order chi connectivity index (χ0) is 13.0. The number of carbonyl (C=O) groups is 1. The van der Waals surface area contributed by atoms with Gasteiger partial charge in [0.15, 0.2) is 5.78 Å². The molecule has 0 spiro atoms. The van der Waals surface area contributed by atoms with Crippen molar-refractivity contribution in [1.82, 2.24) is 0 Å². The number of hydrogen-bond donors (Lipinski definition) is 1. The van der Waals surface area contributed by atoms with Crippen molar-refractivity contribution >= 4 is 11.5 Å². The van der Waals surface area contributed by atoms with E-state index in [1.54, 1.807) is 6.92 Å². The summed E-state index contributed by atoms with van der Waals surface area (Å²) in [4.78, 5) is 11.2. The molecule has 2 nitrogen and oxygen atoms in total. The van der Waals surface area contributed by atoms with Crippen LogP contribution in [0.5, 0.6) is 0 Å². The van der Waals surface area contributed by atoms with Crippen LogP contribution in [0.15, 0.2) is 54.6 Å². The van der Waals surface area contributed by atoms with E-state index >= 15 is 0 Å². The molecule has 1 N–H and O–H groups in total. The van der Waals surface area contributed by atoms with E-state index in [1.165, 1.54) is 11.1 Å². The van der Waals surface area contributed by atoms with Crippen LogP contribution in [0.3, 0.4) is 0 Å². The molecule has 2 heteroatoms. The van der Waals surface area contributed by atoms with E-state index in [0.29, 0.717) is 0 Å². The lowest BCUT2D eigenvalue weighted by Gasteiger charge is -2.12. The molecule has 0 aliphatic rings. The lowest BCUT2D eigenvalue weighted by atomic mass is 10.1. The van der Waals surface area contributed by atoms with E-state index in [0.717, 1.165) is 5.69 Å². The maximum absolute atomic E-state index is 11.2. The van der Waals surface area contributed by atoms with Crippen LogP contribution in [0, 0.1) is 0 Å². The minimum absolute atomic E-state index is 0.141. The normalized spacial score (nSPS) is 11.9. The van der Waals surface area contributed by atoms with Crippen molar-refractivity contribution in [3.63, 3.8) is 0 Å². The largest absolute Gasteiger partial charge is 0.376 e. The van der Waals surface area contributed by atoms with Crippen LogP contribution in [-0.2, 0) is 4.79 Å². The number of nitrogens with one attached hydrogen (secondary N) is 1. The van der Waals surface area contributed by atoms with Crippen LogP contribution in [0.4, 0.5) is 5.69 Å². The van der Waals surface area contributed by atoms with Crippen molar-refractivity contribution in [2.75, 3.05) is 5.32 Å². The highest BCUT2D eigenvalue weighted by atomic mass is 16.1. The predicted molar refractivity (Wildman–Crippen MR) is 75.6 cm³/mol. The number of hydrogen-bond acceptors (Lipinski definition) is 2. The summed E-state index contributed by atoms with van der Waals surface area (Å²) in [7, 11) is 0. The molecule has 0 aromatic heterocycles. The lowest BCUT2D eigenvalue weighted by molar-refractivity contribution is -0.117. The fraction of sp³-hybridized carbons (Fsp3) is 0.188. The number of rotatable bonds is 4. The Morgan fingerprint density at radius 3 is 2.06 bits per heavy atom. The topological polar surface area (TPSA) is 29.1 Å². The Balaban J connectivity index is 2.13. The molecule has 0 saturated carbocycles. The average molecular weight is 239 g/mol. The minimum Gasteiger partial charge on any atom is -0.376 e. The monoisotopic (exact) mass is 239 g/mol. The fourth-order valence-corrected chi connectivity index (χ4v) is 1.74. The number of anilines is 1. The Kier molecular flexibility index (Phi) is 3.78. The third-order valence-electron chi connectivity index (χ3n) is 2.98. The van der Waals surface area contributed by atoms with Crippen LogP contribution in [0.1, 0.15) is 13.8 Å². The van der Waals surface area contributed by atoms with Gasteiger partial charge in [-0.3, -0.25) is 4.79 Å². The molecule has 0 bridgehead atoms. The van der Waals surface area contributed by atoms with Crippen molar-refractivity contribution < 1.29 is 4.79 Å². The van der Waals surface area contributed by atoms with E-state index < -0.39 is 0 Å². The first-order valence-electron chi connectivity index (χ1n) is 6.09. The van der Waals surface area contributed by atoms with Crippen LogP contribution in [0.2, 0.25) is 0 Å². The molecule has 0 fully saturated rings. The van der Waals surface area contributed by atoms with Gasteiger partial charge in [0, 0.05) is 5.69 Å². The maximum Gasteiger partial charge on any atom is 0.151 e. The molecule has 0 aliphatic heterocycles. The summed E-state index contributed by atoms with van der Waals surface area (Å²) < 4.78 is 0. The van der Waals surface area contributed by atoms with E-state index in [1.807, 2.05) is 37.3 Å². The second kappa shape index (κ2) is 5.50. The first kappa shape index (κ1) is 12.4. The SMILES string of the molecule is CC(=O)C(C)Nc1ccc(-c2ccccc2)cc1. The molecule has 2 aromatic rings. The highest BCUT2D eigenvalue weighted by molar-refractivity contribution is 5.84. The standard InChI is InChI=1S/C16H17NO/c1-12(13(2)18)17-16-10-8-15(9-11-16)14-6-4-3-5-7-14/h3-12,17H,1-2H3. The van der Waals surface area contributed by atoms with Gasteiger partial charge in [-0.1, -0.05) is 42.5 Å². The highest BCUT2D eigenvalue weighted by Gasteiger charge is 2.06. The molecular weight excluding hydrogens is 222 g/mol. The molecule has 0 heterocycles. The van der Waals surface area contributed by atoms with Crippen LogP contribution in [-0.4, -0.2) is 11.8 Å². The third-order valence-corrected chi connectivity index (χ3v) is 2.98. The van der Waals surface area contributed by atoms with Gasteiger partial charge in [0.1, 0.15) is 0 Å². The molecule has 0 radical (unpaired) electrons. The molecule has 2 aromatic carbocycles. The minimum atomic E-state index is -0.146. The van der Waals surface area contributed by atoms with E-state index in [2.05, 4.69) is 29.6 Å². The summed E-state index contributed by atoms with van der Waals surface area (Å²) in [5, 5.41) is 3.17. The number of ketones is 1. The average Bonchev–Trinajstić information content (AvgIpc) is 2.40. The van der Waals surface area contributed by atoms with Gasteiger partial charge in [-0.2, -0.15) is 0 Å². The van der Waals surface area contributed by atoms with Gasteiger partial charge in [-0.25, -0.2) is 0 Å². The van der Waals surface area contributed by atoms with Crippen molar-refractivity contribution in [1.29, 1.82) is 0 Å². The molecular formula is C16H17NO. The molecule has 18 heavy (non-hydrogen) atoms. The summed E-state index contributed by atoms with van der Waals surface area (Å²) in [6.07, 6.45) is 0. The van der Waals surface area contributed by atoms with Crippen molar-refractivity contribution in [3.8, 4) is 11.1 Å². The Bertz CT molecular complexity index is 517. The van der Waals surface area contributed by atoms with Gasteiger partial charge < -0.3 is 5.32 Å². The third kappa shape index (κ3) is 2.98. The molecule has 92 valence electrons. The number of carbonyl (C=O) groups excluding carboxylic acids is 1. The van der Waals surface area contributed by atoms with Gasteiger partial charge >= 0.3 is 0 Å². The van der Waals surface area contributed by atoms with Crippen molar-refractivity contribution in [2.24, 2.45) is 0 Å². The molecule has 0 aliphatic carbocycles. The summed E-state index contributed by atoms with van der Waals surface area (Å²) in [5.74, 6) is 0.141. The molecule has 2 rings (SSSR count). The summed E-state index contributed by atoms with van der Waals surface area (Å²) in [5.41, 5.74) is 3.35. The molecule has 1 atom stereocenters. The Hall–Kier alpha value is -2.09. The molecule has 1 unspecified atom stereocenters. The Labute approximate surface area is 108 Å². The summed E-state index contributed by atoms with van der Waals surface area (Å²) >= 11 is 0. The van der Waals surface area contributed by atoms with Crippen LogP contribution in [0.25, 0.3) is 11.1 Å². The Morgan fingerprint density at radius 2 is 1.50 bits per heavy atom. The predicted octanol–water partition coefficient (Wildman–Crippen LogP) is 3.74. The second-order valence-electron chi connectivity index (χ2n) is 4.42. The second-order valence-corrected chi connectivity index (χ2v) is 4.42. The molecule has 0 saturated heterocycles. The van der Waals surface area contributed by atoms with Gasteiger partial charge in [-0.15, -0.1) is 0 Å². The van der Waals surface area contributed by atoms with Crippen LogP contribution >= 0.6 is 0 Å². The Morgan fingerprint density at radius 1 is 0.944 bits per heavy atom. The van der Waals surface area contributed by atoms with Crippen molar-refractivity contribution in [2.45, 2.75) is 19.9 Å². The zero-order valence-corrected chi connectivity index (χ0v) is 10.7. The number of Topliss-reactive ketones (excluding diaryl/α,β-unsaturated/α-hetero) is 1. The van der Waals surface area contributed by atoms with E-state index in [4.69, 9.17) is 0 Å². The first-order chi connectivity index (χ1) is 8.66. The smallest absolute Gasteiger partial charge is 0.151 e. The highest BCUT2D eigenvalue weighted by Crippen LogP contribution is 2.21. The fourth-order valence-electron chi connectivity index (χ4n) is 1.74. The summed E-state index contributed by atoms with van der Waals surface area (Å²) in [6.45, 7) is 3.46. The maximum atomic E-state index is 11.2. The molecule has 0 amide bonds. The van der Waals surface area contributed by atoms with E-state index in [9.17, 15) is 4.79 Å². The quantitative estimate of drug-likeness (QED) is 0.880. The lowest BCUT2D eigenvalue weighted by Crippen LogP contribution is -2.23.